The summed E-state index contributed by atoms with van der Waals surface area (Å²) in [5, 5.41) is 3.30. The van der Waals surface area contributed by atoms with Crippen LogP contribution in [0, 0.1) is 6.92 Å². The Balaban J connectivity index is 1.90. The van der Waals surface area contributed by atoms with E-state index in [1.807, 2.05) is 18.2 Å². The first kappa shape index (κ1) is 14.4. The Hall–Kier alpha value is -2.49. The van der Waals surface area contributed by atoms with Crippen LogP contribution >= 0.6 is 0 Å². The number of aliphatic imine (C=N–C) groups is 1. The lowest BCUT2D eigenvalue weighted by Gasteiger charge is -2.29. The van der Waals surface area contributed by atoms with Crippen molar-refractivity contribution in [2.24, 2.45) is 10.7 Å². The molecule has 0 spiro atoms. The molecule has 3 N–H and O–H groups in total. The van der Waals surface area contributed by atoms with Crippen LogP contribution in [-0.4, -0.2) is 13.1 Å². The summed E-state index contributed by atoms with van der Waals surface area (Å²) in [5.41, 5.74) is 9.68. The molecule has 0 aromatic heterocycles. The van der Waals surface area contributed by atoms with Crippen LogP contribution in [0.5, 0.6) is 5.75 Å². The van der Waals surface area contributed by atoms with E-state index >= 15 is 0 Å². The molecule has 2 aromatic rings. The summed E-state index contributed by atoms with van der Waals surface area (Å²) in [4.78, 5) is 4.56. The fourth-order valence-electron chi connectivity index (χ4n) is 2.96. The van der Waals surface area contributed by atoms with E-state index in [0.717, 1.165) is 17.7 Å². The van der Waals surface area contributed by atoms with Crippen LogP contribution in [0.25, 0.3) is 0 Å². The fourth-order valence-corrected chi connectivity index (χ4v) is 2.96. The predicted octanol–water partition coefficient (Wildman–Crippen LogP) is 3.09. The highest BCUT2D eigenvalue weighted by molar-refractivity contribution is 5.79. The third-order valence-corrected chi connectivity index (χ3v) is 4.12. The Bertz CT molecular complexity index is 696. The third-order valence-electron chi connectivity index (χ3n) is 4.12. The highest BCUT2D eigenvalue weighted by atomic mass is 16.5. The largest absolute Gasteiger partial charge is 0.497 e. The molecular weight excluding hydrogens is 274 g/mol. The summed E-state index contributed by atoms with van der Waals surface area (Å²) in [6.07, 6.45) is 0.874. The number of nitrogens with one attached hydrogen (secondary N) is 1. The molecule has 0 radical (unpaired) electrons. The van der Waals surface area contributed by atoms with Crippen molar-refractivity contribution in [2.75, 3.05) is 7.11 Å². The quantitative estimate of drug-likeness (QED) is 0.914. The van der Waals surface area contributed by atoms with Crippen molar-refractivity contribution >= 4 is 5.96 Å². The predicted molar refractivity (Wildman–Crippen MR) is 89.0 cm³/mol. The van der Waals surface area contributed by atoms with Gasteiger partial charge in [-0.3, -0.25) is 0 Å². The van der Waals surface area contributed by atoms with E-state index in [1.54, 1.807) is 7.11 Å². The summed E-state index contributed by atoms with van der Waals surface area (Å²) in [5.74, 6) is 1.34. The summed E-state index contributed by atoms with van der Waals surface area (Å²) in [6.45, 7) is 2.12. The van der Waals surface area contributed by atoms with Gasteiger partial charge < -0.3 is 15.8 Å². The Morgan fingerprint density at radius 2 is 2.00 bits per heavy atom. The van der Waals surface area contributed by atoms with Gasteiger partial charge in [0, 0.05) is 0 Å². The zero-order valence-corrected chi connectivity index (χ0v) is 12.9. The first-order valence-corrected chi connectivity index (χ1v) is 7.46. The maximum Gasteiger partial charge on any atom is 0.189 e. The molecule has 4 heteroatoms. The molecule has 0 saturated heterocycles. The van der Waals surface area contributed by atoms with Crippen molar-refractivity contribution in [1.82, 2.24) is 5.32 Å². The van der Waals surface area contributed by atoms with Gasteiger partial charge in [0.15, 0.2) is 5.96 Å². The van der Waals surface area contributed by atoms with E-state index in [1.165, 1.54) is 11.1 Å². The molecule has 3 rings (SSSR count). The normalized spacial score (nSPS) is 20.9. The van der Waals surface area contributed by atoms with Crippen molar-refractivity contribution in [1.29, 1.82) is 0 Å². The summed E-state index contributed by atoms with van der Waals surface area (Å²) < 4.78 is 5.31. The Morgan fingerprint density at radius 1 is 1.18 bits per heavy atom. The van der Waals surface area contributed by atoms with Crippen molar-refractivity contribution in [3.8, 4) is 5.75 Å². The number of methoxy groups -OCH3 is 1. The van der Waals surface area contributed by atoms with Gasteiger partial charge in [0.2, 0.25) is 0 Å². The first-order valence-electron chi connectivity index (χ1n) is 7.46. The van der Waals surface area contributed by atoms with Gasteiger partial charge in [-0.2, -0.15) is 0 Å². The van der Waals surface area contributed by atoms with Crippen LogP contribution in [0.4, 0.5) is 0 Å². The molecule has 0 amide bonds. The molecule has 114 valence electrons. The number of aryl methyl sites for hydroxylation is 1. The van der Waals surface area contributed by atoms with Crippen LogP contribution < -0.4 is 15.8 Å². The Kier molecular flexibility index (Phi) is 4.00. The second-order valence-corrected chi connectivity index (χ2v) is 5.60. The van der Waals surface area contributed by atoms with E-state index in [-0.39, 0.29) is 12.1 Å². The zero-order valence-electron chi connectivity index (χ0n) is 12.9. The van der Waals surface area contributed by atoms with Crippen molar-refractivity contribution in [3.05, 3.63) is 65.2 Å². The number of nitrogens with zero attached hydrogens (tertiary/aromatic N) is 1. The van der Waals surface area contributed by atoms with E-state index < -0.39 is 0 Å². The van der Waals surface area contributed by atoms with Crippen molar-refractivity contribution < 1.29 is 4.74 Å². The van der Waals surface area contributed by atoms with Gasteiger partial charge in [0.25, 0.3) is 0 Å². The van der Waals surface area contributed by atoms with Gasteiger partial charge in [-0.1, -0.05) is 36.4 Å². The number of hydrogen-bond acceptors (Lipinski definition) is 4. The summed E-state index contributed by atoms with van der Waals surface area (Å²) >= 11 is 0. The minimum Gasteiger partial charge on any atom is -0.497 e. The average Bonchev–Trinajstić information content (AvgIpc) is 2.55. The summed E-state index contributed by atoms with van der Waals surface area (Å²) in [7, 11) is 1.68. The second-order valence-electron chi connectivity index (χ2n) is 5.60. The van der Waals surface area contributed by atoms with Gasteiger partial charge in [0.05, 0.1) is 19.2 Å². The Labute approximate surface area is 131 Å². The fraction of sp³-hybridized carbons (Fsp3) is 0.278. The molecule has 0 fully saturated rings. The standard InChI is InChI=1S/C18H21N3O/c1-12-6-3-4-9-15(12)17-11-16(20-18(19)21-17)13-7-5-8-14(10-13)22-2/h3-10,16-17H,11H2,1-2H3,(H3,19,20,21). The first-order chi connectivity index (χ1) is 10.7. The molecule has 2 atom stereocenters. The molecule has 2 unspecified atom stereocenters. The number of benzene rings is 2. The molecule has 0 bridgehead atoms. The van der Waals surface area contributed by atoms with Crippen LogP contribution in [0.15, 0.2) is 53.5 Å². The number of hydrogen-bond donors (Lipinski definition) is 2. The van der Waals surface area contributed by atoms with Gasteiger partial charge in [-0.05, 0) is 42.2 Å². The second kappa shape index (κ2) is 6.10. The van der Waals surface area contributed by atoms with Crippen LogP contribution in [0.1, 0.15) is 35.2 Å². The smallest absolute Gasteiger partial charge is 0.189 e. The molecule has 4 nitrogen and oxygen atoms in total. The molecular formula is C18H21N3O. The van der Waals surface area contributed by atoms with E-state index in [9.17, 15) is 0 Å². The molecule has 1 heterocycles. The maximum atomic E-state index is 6.02. The zero-order chi connectivity index (χ0) is 15.5. The molecule has 2 aromatic carbocycles. The van der Waals surface area contributed by atoms with E-state index in [0.29, 0.717) is 5.96 Å². The SMILES string of the molecule is COc1cccc(C2CC(c3ccccc3C)NC(N)=N2)c1. The average molecular weight is 295 g/mol. The van der Waals surface area contributed by atoms with Gasteiger partial charge >= 0.3 is 0 Å². The number of guanidine groups is 1. The number of nitrogens with two attached hydrogens (primary N) is 1. The number of rotatable bonds is 3. The molecule has 1 aliphatic rings. The van der Waals surface area contributed by atoms with Crippen LogP contribution in [-0.2, 0) is 0 Å². The Morgan fingerprint density at radius 3 is 2.77 bits per heavy atom. The molecule has 1 aliphatic heterocycles. The summed E-state index contributed by atoms with van der Waals surface area (Å²) in [6, 6.07) is 16.6. The topological polar surface area (TPSA) is 59.6 Å². The molecule has 0 saturated carbocycles. The molecule has 22 heavy (non-hydrogen) atoms. The van der Waals surface area contributed by atoms with Gasteiger partial charge in [0.1, 0.15) is 5.75 Å². The van der Waals surface area contributed by atoms with Crippen molar-refractivity contribution in [2.45, 2.75) is 25.4 Å². The molecule has 0 aliphatic carbocycles. The lowest BCUT2D eigenvalue weighted by atomic mass is 9.91. The van der Waals surface area contributed by atoms with E-state index in [4.69, 9.17) is 10.5 Å². The maximum absolute atomic E-state index is 6.02. The minimum absolute atomic E-state index is 0.0426. The lowest BCUT2D eigenvalue weighted by Crippen LogP contribution is -2.39. The van der Waals surface area contributed by atoms with Crippen LogP contribution in [0.3, 0.4) is 0 Å². The van der Waals surface area contributed by atoms with Crippen molar-refractivity contribution in [3.63, 3.8) is 0 Å². The highest BCUT2D eigenvalue weighted by Gasteiger charge is 2.25. The van der Waals surface area contributed by atoms with Gasteiger partial charge in [-0.25, -0.2) is 4.99 Å². The van der Waals surface area contributed by atoms with E-state index in [2.05, 4.69) is 47.6 Å². The third kappa shape index (κ3) is 2.91. The van der Waals surface area contributed by atoms with Gasteiger partial charge in [-0.15, -0.1) is 0 Å². The minimum atomic E-state index is 0.0426. The highest BCUT2D eigenvalue weighted by Crippen LogP contribution is 2.34. The monoisotopic (exact) mass is 295 g/mol. The van der Waals surface area contributed by atoms with Crippen LogP contribution in [0.2, 0.25) is 0 Å². The lowest BCUT2D eigenvalue weighted by molar-refractivity contribution is 0.412. The number of ether oxygens (including phenoxy) is 1.